The molecule has 1 aromatic heterocycles. The molecule has 198 valence electrons. The average Bonchev–Trinajstić information content (AvgIpc) is 2.85. The molecule has 0 aliphatic heterocycles. The van der Waals surface area contributed by atoms with Gasteiger partial charge in [-0.3, -0.25) is 4.55 Å². The van der Waals surface area contributed by atoms with Crippen molar-refractivity contribution in [2.45, 2.75) is 37.0 Å². The van der Waals surface area contributed by atoms with Gasteiger partial charge in [0.05, 0.1) is 16.8 Å². The van der Waals surface area contributed by atoms with Crippen LogP contribution in [0.2, 0.25) is 5.02 Å². The summed E-state index contributed by atoms with van der Waals surface area (Å²) in [6.45, 7) is 2.66. The summed E-state index contributed by atoms with van der Waals surface area (Å²) >= 11 is 6.11. The third kappa shape index (κ3) is 5.39. The van der Waals surface area contributed by atoms with Gasteiger partial charge in [0.15, 0.2) is 4.75 Å². The van der Waals surface area contributed by atoms with Crippen molar-refractivity contribution < 1.29 is 23.2 Å². The lowest BCUT2D eigenvalue weighted by molar-refractivity contribution is 0.0419. The van der Waals surface area contributed by atoms with Gasteiger partial charge >= 0.3 is 0 Å². The van der Waals surface area contributed by atoms with Gasteiger partial charge in [-0.15, -0.1) is 0 Å². The smallest absolute Gasteiger partial charge is 0.282 e. The maximum Gasteiger partial charge on any atom is 0.282 e. The fourth-order valence-corrected chi connectivity index (χ4v) is 6.73. The number of hydrogen-bond acceptors (Lipinski definition) is 5. The first kappa shape index (κ1) is 28.0. The van der Waals surface area contributed by atoms with E-state index in [9.17, 15) is 23.2 Å². The first-order valence-electron chi connectivity index (χ1n) is 12.2. The summed E-state index contributed by atoms with van der Waals surface area (Å²) in [5.74, 6) is 0. The second-order valence-corrected chi connectivity index (χ2v) is 11.7. The molecule has 3 N–H and O–H groups in total. The first-order valence-corrected chi connectivity index (χ1v) is 14.0. The highest BCUT2D eigenvalue weighted by molar-refractivity contribution is 7.87. The van der Waals surface area contributed by atoms with Crippen LogP contribution < -0.4 is 0 Å². The fourth-order valence-electron chi connectivity index (χ4n) is 5.03. The number of nitrogens with zero attached hydrogens (tertiary/aromatic N) is 1. The molecule has 0 bridgehead atoms. The zero-order valence-corrected chi connectivity index (χ0v) is 22.7. The molecular weight excluding hydrogens is 522 g/mol. The predicted octanol–water partition coefficient (Wildman–Crippen LogP) is 5.89. The van der Waals surface area contributed by atoms with Gasteiger partial charge < -0.3 is 10.2 Å². The Hall–Kier alpha value is -3.07. The van der Waals surface area contributed by atoms with Crippen molar-refractivity contribution in [2.75, 3.05) is 6.61 Å². The summed E-state index contributed by atoms with van der Waals surface area (Å²) < 4.78 is 35.1. The second kappa shape index (κ2) is 11.0. The fraction of sp³-hybridized carbons (Fsp3) is 0.233. The number of benzene rings is 3. The number of aliphatic hydroxyl groups is 2. The van der Waals surface area contributed by atoms with E-state index in [1.807, 2.05) is 18.2 Å². The Morgan fingerprint density at radius 2 is 1.68 bits per heavy atom. The molecule has 0 saturated heterocycles. The quantitative estimate of drug-likeness (QED) is 0.224. The van der Waals surface area contributed by atoms with Crippen LogP contribution in [0.3, 0.4) is 0 Å². The summed E-state index contributed by atoms with van der Waals surface area (Å²) in [5, 5.41) is 22.3. The van der Waals surface area contributed by atoms with Crippen molar-refractivity contribution in [3.05, 3.63) is 112 Å². The summed E-state index contributed by atoms with van der Waals surface area (Å²) in [4.78, 5) is 4.62. The molecule has 0 aliphatic carbocycles. The number of rotatable bonds is 9. The monoisotopic (exact) mass is 551 g/mol. The molecule has 6 nitrogen and oxygen atoms in total. The largest absolute Gasteiger partial charge is 0.396 e. The normalized spacial score (nSPS) is 14.2. The molecule has 0 unspecified atom stereocenters. The molecule has 4 aromatic rings. The first-order chi connectivity index (χ1) is 18.0. The van der Waals surface area contributed by atoms with Gasteiger partial charge in [-0.1, -0.05) is 72.3 Å². The van der Waals surface area contributed by atoms with Crippen molar-refractivity contribution >= 4 is 44.8 Å². The molecular formula is C30H30ClNO5S. The third-order valence-corrected chi connectivity index (χ3v) is 8.63. The Balaban J connectivity index is 1.86. The van der Waals surface area contributed by atoms with E-state index in [1.54, 1.807) is 72.8 Å². The molecule has 1 heterocycles. The van der Waals surface area contributed by atoms with Crippen molar-refractivity contribution in [1.29, 1.82) is 0 Å². The van der Waals surface area contributed by atoms with Crippen LogP contribution in [0.25, 0.3) is 23.1 Å². The van der Waals surface area contributed by atoms with Crippen LogP contribution in [0.4, 0.5) is 0 Å². The molecule has 0 fully saturated rings. The number of aromatic nitrogens is 1. The van der Waals surface area contributed by atoms with Crippen LogP contribution in [0.1, 0.15) is 48.2 Å². The highest BCUT2D eigenvalue weighted by Crippen LogP contribution is 2.47. The highest BCUT2D eigenvalue weighted by Gasteiger charge is 2.57. The third-order valence-electron chi connectivity index (χ3n) is 6.66. The molecule has 8 heteroatoms. The van der Waals surface area contributed by atoms with Crippen LogP contribution in [-0.2, 0) is 21.3 Å². The topological polar surface area (TPSA) is 108 Å². The Morgan fingerprint density at radius 1 is 0.947 bits per heavy atom. The number of hydrogen-bond donors (Lipinski definition) is 3. The molecule has 0 spiro atoms. The standard InChI is InChI=1S/C30H30ClNO5S/c1-29(2,34)30(38(35,36)37,27-11-4-3-8-22(27)9-6-18-33)24-10-5-7-21(19-24)12-16-26-17-14-23-13-15-25(31)20-28(23)32-26/h3-5,7-8,10-17,19-20,33-34H,6,9,18H2,1-2H3,(H,35,36,37)/t30-/m0/s1. The van der Waals surface area contributed by atoms with Crippen LogP contribution in [0, 0.1) is 0 Å². The van der Waals surface area contributed by atoms with Gasteiger partial charge in [0, 0.05) is 17.0 Å². The van der Waals surface area contributed by atoms with Crippen LogP contribution in [-0.4, -0.2) is 40.4 Å². The summed E-state index contributed by atoms with van der Waals surface area (Å²) in [6.07, 6.45) is 4.36. The summed E-state index contributed by atoms with van der Waals surface area (Å²) in [6, 6.07) is 22.8. The molecule has 4 rings (SSSR count). The number of aliphatic hydroxyl groups excluding tert-OH is 1. The molecule has 3 aromatic carbocycles. The molecule has 0 radical (unpaired) electrons. The molecule has 0 amide bonds. The average molecular weight is 552 g/mol. The van der Waals surface area contributed by atoms with Crippen LogP contribution >= 0.6 is 11.6 Å². The lowest BCUT2D eigenvalue weighted by Gasteiger charge is -2.42. The Morgan fingerprint density at radius 3 is 2.39 bits per heavy atom. The SMILES string of the molecule is CC(C)(O)[C@](c1cccc(C=Cc2ccc3ccc(Cl)cc3n2)c1)(c1ccccc1CCCO)S(=O)(=O)O. The van der Waals surface area contributed by atoms with Gasteiger partial charge in [0.2, 0.25) is 0 Å². The Kier molecular flexibility index (Phi) is 8.06. The zero-order valence-electron chi connectivity index (χ0n) is 21.2. The Labute approximate surface area is 228 Å². The van der Waals surface area contributed by atoms with Gasteiger partial charge in [0.25, 0.3) is 10.1 Å². The maximum atomic E-state index is 13.3. The minimum atomic E-state index is -4.91. The van der Waals surface area contributed by atoms with E-state index in [0.717, 1.165) is 10.9 Å². The van der Waals surface area contributed by atoms with Crippen molar-refractivity contribution in [3.8, 4) is 0 Å². The summed E-state index contributed by atoms with van der Waals surface area (Å²) in [5.41, 5.74) is 1.25. The number of fused-ring (bicyclic) bond motifs is 1. The maximum absolute atomic E-state index is 13.3. The molecule has 0 aliphatic rings. The zero-order chi connectivity index (χ0) is 27.6. The van der Waals surface area contributed by atoms with E-state index in [2.05, 4.69) is 4.98 Å². The van der Waals surface area contributed by atoms with Crippen molar-refractivity contribution in [3.63, 3.8) is 0 Å². The summed E-state index contributed by atoms with van der Waals surface area (Å²) in [7, 11) is -4.91. The number of aryl methyl sites for hydroxylation is 1. The minimum Gasteiger partial charge on any atom is -0.396 e. The van der Waals surface area contributed by atoms with E-state index in [1.165, 1.54) is 13.8 Å². The van der Waals surface area contributed by atoms with E-state index in [0.29, 0.717) is 34.7 Å². The van der Waals surface area contributed by atoms with Crippen molar-refractivity contribution in [1.82, 2.24) is 4.98 Å². The molecule has 1 atom stereocenters. The minimum absolute atomic E-state index is 0.0784. The van der Waals surface area contributed by atoms with Crippen molar-refractivity contribution in [2.24, 2.45) is 0 Å². The van der Waals surface area contributed by atoms with Gasteiger partial charge in [-0.2, -0.15) is 8.42 Å². The lowest BCUT2D eigenvalue weighted by Crippen LogP contribution is -2.54. The van der Waals surface area contributed by atoms with Gasteiger partial charge in [-0.25, -0.2) is 4.98 Å². The highest BCUT2D eigenvalue weighted by atomic mass is 35.5. The van der Waals surface area contributed by atoms with E-state index >= 15 is 0 Å². The predicted molar refractivity (Wildman–Crippen MR) is 153 cm³/mol. The molecule has 0 saturated carbocycles. The van der Waals surface area contributed by atoms with E-state index < -0.39 is 20.5 Å². The van der Waals surface area contributed by atoms with Crippen LogP contribution in [0.5, 0.6) is 0 Å². The van der Waals surface area contributed by atoms with E-state index in [-0.39, 0.29) is 17.7 Å². The van der Waals surface area contributed by atoms with Gasteiger partial charge in [0.1, 0.15) is 0 Å². The number of pyridine rings is 1. The number of halogens is 1. The van der Waals surface area contributed by atoms with Crippen LogP contribution in [0.15, 0.2) is 78.9 Å². The second-order valence-electron chi connectivity index (χ2n) is 9.73. The molecule has 38 heavy (non-hydrogen) atoms. The lowest BCUT2D eigenvalue weighted by atomic mass is 9.75. The Bertz CT molecular complexity index is 1590. The van der Waals surface area contributed by atoms with Gasteiger partial charge in [-0.05, 0) is 79.3 Å². The van der Waals surface area contributed by atoms with E-state index in [4.69, 9.17) is 11.6 Å².